The third-order valence-electron chi connectivity index (χ3n) is 2.88. The number of benzene rings is 1. The van der Waals surface area contributed by atoms with Gasteiger partial charge in [-0.25, -0.2) is 0 Å². The number of carbonyl (C=O) groups excluding carboxylic acids is 1. The maximum absolute atomic E-state index is 11.0. The van der Waals surface area contributed by atoms with E-state index >= 15 is 0 Å². The highest BCUT2D eigenvalue weighted by Gasteiger charge is 2.31. The summed E-state index contributed by atoms with van der Waals surface area (Å²) >= 11 is 0. The van der Waals surface area contributed by atoms with Gasteiger partial charge in [-0.1, -0.05) is 19.9 Å². The molecule has 0 aromatic heterocycles. The highest BCUT2D eigenvalue weighted by molar-refractivity contribution is 5.71. The Labute approximate surface area is 95.8 Å². The lowest BCUT2D eigenvalue weighted by molar-refractivity contribution is -0.110. The molecule has 1 aromatic carbocycles. The van der Waals surface area contributed by atoms with E-state index in [1.54, 1.807) is 0 Å². The lowest BCUT2D eigenvalue weighted by Crippen LogP contribution is -2.45. The molecule has 0 bridgehead atoms. The van der Waals surface area contributed by atoms with Crippen LogP contribution in [0.3, 0.4) is 0 Å². The number of nitrogens with one attached hydrogen (secondary N) is 1. The fraction of sp³-hybridized carbons (Fsp3) is 0.462. The van der Waals surface area contributed by atoms with Crippen LogP contribution in [0.15, 0.2) is 18.2 Å². The molecule has 0 fully saturated rings. The van der Waals surface area contributed by atoms with Crippen molar-refractivity contribution in [2.75, 3.05) is 5.32 Å². The number of aldehydes is 1. The molecule has 2 atom stereocenters. The SMILES string of the molecule is Cc1ccc2c(c1)OC(C(C)C)C(C=O)N2. The van der Waals surface area contributed by atoms with Gasteiger partial charge in [0.1, 0.15) is 24.2 Å². The Morgan fingerprint density at radius 3 is 2.81 bits per heavy atom. The Morgan fingerprint density at radius 2 is 2.19 bits per heavy atom. The molecule has 0 saturated carbocycles. The van der Waals surface area contributed by atoms with Crippen LogP contribution in [-0.2, 0) is 4.79 Å². The van der Waals surface area contributed by atoms with E-state index < -0.39 is 0 Å². The van der Waals surface area contributed by atoms with E-state index in [4.69, 9.17) is 4.74 Å². The van der Waals surface area contributed by atoms with Crippen molar-refractivity contribution in [3.63, 3.8) is 0 Å². The molecular weight excluding hydrogens is 202 g/mol. The predicted molar refractivity (Wildman–Crippen MR) is 63.9 cm³/mol. The summed E-state index contributed by atoms with van der Waals surface area (Å²) in [6.45, 7) is 6.15. The van der Waals surface area contributed by atoms with Crippen LogP contribution in [0.1, 0.15) is 19.4 Å². The minimum Gasteiger partial charge on any atom is -0.485 e. The molecule has 3 nitrogen and oxygen atoms in total. The molecular formula is C13H17NO2. The van der Waals surface area contributed by atoms with Crippen molar-refractivity contribution >= 4 is 12.0 Å². The number of hydrogen-bond acceptors (Lipinski definition) is 3. The van der Waals surface area contributed by atoms with E-state index in [1.165, 1.54) is 0 Å². The summed E-state index contributed by atoms with van der Waals surface area (Å²) in [4.78, 5) is 11.0. The van der Waals surface area contributed by atoms with Gasteiger partial charge in [-0.05, 0) is 30.5 Å². The average Bonchev–Trinajstić information content (AvgIpc) is 2.27. The monoisotopic (exact) mass is 219 g/mol. The quantitative estimate of drug-likeness (QED) is 0.776. The maximum Gasteiger partial charge on any atom is 0.146 e. The summed E-state index contributed by atoms with van der Waals surface area (Å²) < 4.78 is 5.88. The van der Waals surface area contributed by atoms with E-state index in [0.717, 1.165) is 23.3 Å². The van der Waals surface area contributed by atoms with Gasteiger partial charge in [-0.3, -0.25) is 0 Å². The lowest BCUT2D eigenvalue weighted by atomic mass is 9.98. The fourth-order valence-corrected chi connectivity index (χ4v) is 1.99. The number of ether oxygens (including phenoxy) is 1. The molecule has 16 heavy (non-hydrogen) atoms. The van der Waals surface area contributed by atoms with Crippen molar-refractivity contribution in [1.82, 2.24) is 0 Å². The Kier molecular flexibility index (Phi) is 2.86. The molecule has 0 amide bonds. The Bertz CT molecular complexity index is 401. The summed E-state index contributed by atoms with van der Waals surface area (Å²) in [6, 6.07) is 5.71. The zero-order valence-electron chi connectivity index (χ0n) is 9.86. The molecule has 1 aromatic rings. The minimum atomic E-state index is -0.254. The van der Waals surface area contributed by atoms with Gasteiger partial charge in [0.2, 0.25) is 0 Å². The van der Waals surface area contributed by atoms with Crippen molar-refractivity contribution in [1.29, 1.82) is 0 Å². The highest BCUT2D eigenvalue weighted by Crippen LogP contribution is 2.33. The molecule has 86 valence electrons. The fourth-order valence-electron chi connectivity index (χ4n) is 1.99. The van der Waals surface area contributed by atoms with Crippen LogP contribution in [0.4, 0.5) is 5.69 Å². The smallest absolute Gasteiger partial charge is 0.146 e. The second-order valence-electron chi connectivity index (χ2n) is 4.63. The molecule has 1 aliphatic heterocycles. The predicted octanol–water partition coefficient (Wildman–Crippen LogP) is 2.39. The van der Waals surface area contributed by atoms with Gasteiger partial charge in [0.25, 0.3) is 0 Å². The van der Waals surface area contributed by atoms with Crippen LogP contribution in [0.2, 0.25) is 0 Å². The molecule has 1 N–H and O–H groups in total. The van der Waals surface area contributed by atoms with E-state index in [1.807, 2.05) is 25.1 Å². The zero-order valence-corrected chi connectivity index (χ0v) is 9.86. The van der Waals surface area contributed by atoms with Gasteiger partial charge in [0.05, 0.1) is 5.69 Å². The summed E-state index contributed by atoms with van der Waals surface area (Å²) in [5, 5.41) is 3.21. The van der Waals surface area contributed by atoms with Crippen molar-refractivity contribution < 1.29 is 9.53 Å². The van der Waals surface area contributed by atoms with Crippen LogP contribution in [0, 0.1) is 12.8 Å². The van der Waals surface area contributed by atoms with Crippen LogP contribution < -0.4 is 10.1 Å². The first-order valence-electron chi connectivity index (χ1n) is 5.61. The van der Waals surface area contributed by atoms with Gasteiger partial charge in [-0.15, -0.1) is 0 Å². The van der Waals surface area contributed by atoms with Gasteiger partial charge in [0.15, 0.2) is 0 Å². The summed E-state index contributed by atoms with van der Waals surface area (Å²) in [6.07, 6.45) is 0.833. The molecule has 2 unspecified atom stereocenters. The lowest BCUT2D eigenvalue weighted by Gasteiger charge is -2.34. The molecule has 0 radical (unpaired) electrons. The summed E-state index contributed by atoms with van der Waals surface area (Å²) in [7, 11) is 0. The first-order chi connectivity index (χ1) is 7.61. The maximum atomic E-state index is 11.0. The van der Waals surface area contributed by atoms with E-state index in [2.05, 4.69) is 19.2 Å². The van der Waals surface area contributed by atoms with Crippen LogP contribution in [0.5, 0.6) is 5.75 Å². The first kappa shape index (κ1) is 11.0. The number of anilines is 1. The number of fused-ring (bicyclic) bond motifs is 1. The van der Waals surface area contributed by atoms with E-state index in [0.29, 0.717) is 5.92 Å². The Balaban J connectivity index is 2.34. The third kappa shape index (κ3) is 1.90. The second kappa shape index (κ2) is 4.16. The van der Waals surface area contributed by atoms with Crippen molar-refractivity contribution in [3.8, 4) is 5.75 Å². The van der Waals surface area contributed by atoms with Crippen molar-refractivity contribution in [3.05, 3.63) is 23.8 Å². The van der Waals surface area contributed by atoms with E-state index in [9.17, 15) is 4.79 Å². The average molecular weight is 219 g/mol. The third-order valence-corrected chi connectivity index (χ3v) is 2.88. The van der Waals surface area contributed by atoms with Crippen LogP contribution in [-0.4, -0.2) is 18.4 Å². The largest absolute Gasteiger partial charge is 0.485 e. The number of hydrogen-bond donors (Lipinski definition) is 1. The summed E-state index contributed by atoms with van der Waals surface area (Å²) in [5.41, 5.74) is 2.06. The normalized spacial score (nSPS) is 23.2. The molecule has 0 saturated heterocycles. The number of rotatable bonds is 2. The van der Waals surface area contributed by atoms with Crippen molar-refractivity contribution in [2.45, 2.75) is 32.9 Å². The van der Waals surface area contributed by atoms with Gasteiger partial charge in [-0.2, -0.15) is 0 Å². The molecule has 0 spiro atoms. The second-order valence-corrected chi connectivity index (χ2v) is 4.63. The molecule has 0 aliphatic carbocycles. The van der Waals surface area contributed by atoms with Gasteiger partial charge >= 0.3 is 0 Å². The number of carbonyl (C=O) groups is 1. The van der Waals surface area contributed by atoms with Crippen molar-refractivity contribution in [2.24, 2.45) is 5.92 Å². The van der Waals surface area contributed by atoms with E-state index in [-0.39, 0.29) is 12.1 Å². The number of aryl methyl sites for hydroxylation is 1. The molecule has 1 aliphatic rings. The topological polar surface area (TPSA) is 38.3 Å². The summed E-state index contributed by atoms with van der Waals surface area (Å²) in [5.74, 6) is 1.15. The van der Waals surface area contributed by atoms with Gasteiger partial charge < -0.3 is 14.8 Å². The standard InChI is InChI=1S/C13H17NO2/c1-8(2)13-11(7-15)14-10-5-4-9(3)6-12(10)16-13/h4-8,11,13-14H,1-3H3. The minimum absolute atomic E-state index is 0.0909. The zero-order chi connectivity index (χ0) is 11.7. The van der Waals surface area contributed by atoms with Gasteiger partial charge in [0, 0.05) is 0 Å². The Morgan fingerprint density at radius 1 is 1.44 bits per heavy atom. The van der Waals surface area contributed by atoms with Crippen LogP contribution in [0.25, 0.3) is 0 Å². The first-order valence-corrected chi connectivity index (χ1v) is 5.61. The Hall–Kier alpha value is -1.51. The molecule has 3 heteroatoms. The van der Waals surface area contributed by atoms with Crippen LogP contribution >= 0.6 is 0 Å². The highest BCUT2D eigenvalue weighted by atomic mass is 16.5. The molecule has 2 rings (SSSR count). The molecule has 1 heterocycles.